The first-order chi connectivity index (χ1) is 7.25. The third-order valence-corrected chi connectivity index (χ3v) is 4.20. The van der Waals surface area contributed by atoms with Crippen molar-refractivity contribution in [1.29, 1.82) is 0 Å². The Bertz CT molecular complexity index is 274. The fourth-order valence-corrected chi connectivity index (χ4v) is 2.15. The van der Waals surface area contributed by atoms with Crippen molar-refractivity contribution < 1.29 is 8.42 Å². The standard InChI is InChI=1S/C11H26N2O2S/c1-9(2)6-7-13-16(14,15)11(5)8-12-10(3)4/h9-13H,6-8H2,1-5H3. The lowest BCUT2D eigenvalue weighted by molar-refractivity contribution is 0.528. The summed E-state index contributed by atoms with van der Waals surface area (Å²) in [5.41, 5.74) is 0. The molecule has 0 aromatic rings. The van der Waals surface area contributed by atoms with E-state index in [1.807, 2.05) is 13.8 Å². The van der Waals surface area contributed by atoms with Gasteiger partial charge in [-0.1, -0.05) is 27.7 Å². The zero-order valence-electron chi connectivity index (χ0n) is 11.1. The average molecular weight is 250 g/mol. The predicted molar refractivity (Wildman–Crippen MR) is 69.0 cm³/mol. The van der Waals surface area contributed by atoms with Gasteiger partial charge in [0.2, 0.25) is 10.0 Å². The van der Waals surface area contributed by atoms with E-state index in [1.54, 1.807) is 6.92 Å². The molecule has 0 radical (unpaired) electrons. The number of rotatable bonds is 8. The van der Waals surface area contributed by atoms with Crippen LogP contribution in [0.1, 0.15) is 41.0 Å². The van der Waals surface area contributed by atoms with E-state index >= 15 is 0 Å². The molecule has 0 aliphatic carbocycles. The van der Waals surface area contributed by atoms with Crippen LogP contribution in [0.15, 0.2) is 0 Å². The van der Waals surface area contributed by atoms with Crippen LogP contribution in [0.2, 0.25) is 0 Å². The third-order valence-electron chi connectivity index (χ3n) is 2.37. The summed E-state index contributed by atoms with van der Waals surface area (Å²) < 4.78 is 26.2. The van der Waals surface area contributed by atoms with Gasteiger partial charge in [-0.05, 0) is 19.3 Å². The minimum Gasteiger partial charge on any atom is -0.313 e. The first-order valence-electron chi connectivity index (χ1n) is 5.97. The van der Waals surface area contributed by atoms with Crippen molar-refractivity contribution in [2.75, 3.05) is 13.1 Å². The summed E-state index contributed by atoms with van der Waals surface area (Å²) in [7, 11) is -3.16. The molecule has 0 aromatic heterocycles. The Morgan fingerprint density at radius 2 is 1.62 bits per heavy atom. The molecule has 5 heteroatoms. The third kappa shape index (κ3) is 7.19. The van der Waals surface area contributed by atoms with Crippen LogP contribution in [0.4, 0.5) is 0 Å². The van der Waals surface area contributed by atoms with Crippen LogP contribution in [0.25, 0.3) is 0 Å². The van der Waals surface area contributed by atoms with E-state index < -0.39 is 10.0 Å². The first-order valence-corrected chi connectivity index (χ1v) is 7.52. The van der Waals surface area contributed by atoms with Crippen LogP contribution in [0.5, 0.6) is 0 Å². The van der Waals surface area contributed by atoms with Gasteiger partial charge in [0.05, 0.1) is 5.25 Å². The second kappa shape index (κ2) is 7.25. The summed E-state index contributed by atoms with van der Waals surface area (Å²) >= 11 is 0. The van der Waals surface area contributed by atoms with Gasteiger partial charge in [-0.15, -0.1) is 0 Å². The van der Waals surface area contributed by atoms with Gasteiger partial charge in [0, 0.05) is 19.1 Å². The Balaban J connectivity index is 4.01. The van der Waals surface area contributed by atoms with Crippen LogP contribution >= 0.6 is 0 Å². The number of hydrogen-bond donors (Lipinski definition) is 2. The molecule has 0 saturated carbocycles. The van der Waals surface area contributed by atoms with Crippen molar-refractivity contribution in [3.63, 3.8) is 0 Å². The average Bonchev–Trinajstić information content (AvgIpc) is 2.12. The quantitative estimate of drug-likeness (QED) is 0.683. The van der Waals surface area contributed by atoms with Crippen molar-refractivity contribution >= 4 is 10.0 Å². The van der Waals surface area contributed by atoms with Crippen LogP contribution < -0.4 is 10.0 Å². The second-order valence-electron chi connectivity index (χ2n) is 5.00. The topological polar surface area (TPSA) is 58.2 Å². The maximum absolute atomic E-state index is 11.8. The minimum absolute atomic E-state index is 0.313. The molecule has 1 unspecified atom stereocenters. The highest BCUT2D eigenvalue weighted by atomic mass is 32.2. The molecule has 0 aliphatic heterocycles. The van der Waals surface area contributed by atoms with Crippen LogP contribution in [-0.4, -0.2) is 32.8 Å². The molecule has 0 bridgehead atoms. The fraction of sp³-hybridized carbons (Fsp3) is 1.00. The van der Waals surface area contributed by atoms with Crippen molar-refractivity contribution in [3.05, 3.63) is 0 Å². The Morgan fingerprint density at radius 1 is 1.06 bits per heavy atom. The van der Waals surface area contributed by atoms with E-state index in [4.69, 9.17) is 0 Å². The molecule has 2 N–H and O–H groups in total. The van der Waals surface area contributed by atoms with Gasteiger partial charge in [-0.3, -0.25) is 0 Å². The SMILES string of the molecule is CC(C)CCNS(=O)(=O)C(C)CNC(C)C. The summed E-state index contributed by atoms with van der Waals surface area (Å²) in [6, 6.07) is 0.313. The van der Waals surface area contributed by atoms with Gasteiger partial charge in [0.1, 0.15) is 0 Å². The maximum Gasteiger partial charge on any atom is 0.215 e. The van der Waals surface area contributed by atoms with Crippen LogP contribution in [0, 0.1) is 5.92 Å². The van der Waals surface area contributed by atoms with Crippen molar-refractivity contribution in [3.8, 4) is 0 Å². The first kappa shape index (κ1) is 15.9. The summed E-state index contributed by atoms with van der Waals surface area (Å²) in [5, 5.41) is 2.74. The highest BCUT2D eigenvalue weighted by Gasteiger charge is 2.19. The molecular weight excluding hydrogens is 224 g/mol. The normalized spacial score (nSPS) is 14.7. The van der Waals surface area contributed by atoms with Gasteiger partial charge in [0.15, 0.2) is 0 Å². The predicted octanol–water partition coefficient (Wildman–Crippen LogP) is 1.34. The summed E-state index contributed by atoms with van der Waals surface area (Å²) in [4.78, 5) is 0. The van der Waals surface area contributed by atoms with E-state index in [0.717, 1.165) is 6.42 Å². The van der Waals surface area contributed by atoms with Gasteiger partial charge in [-0.2, -0.15) is 0 Å². The second-order valence-corrected chi connectivity index (χ2v) is 7.18. The summed E-state index contributed by atoms with van der Waals surface area (Å²) in [5.74, 6) is 0.520. The Labute approximate surface area is 100 Å². The molecule has 0 heterocycles. The number of hydrogen-bond acceptors (Lipinski definition) is 3. The smallest absolute Gasteiger partial charge is 0.215 e. The van der Waals surface area contributed by atoms with E-state index in [9.17, 15) is 8.42 Å². The molecule has 0 aromatic carbocycles. The van der Waals surface area contributed by atoms with Crippen LogP contribution in [-0.2, 0) is 10.0 Å². The lowest BCUT2D eigenvalue weighted by Gasteiger charge is -2.16. The lowest BCUT2D eigenvalue weighted by atomic mass is 10.1. The van der Waals surface area contributed by atoms with Gasteiger partial charge in [0.25, 0.3) is 0 Å². The Hall–Kier alpha value is -0.130. The molecular formula is C11H26N2O2S. The monoisotopic (exact) mass is 250 g/mol. The Kier molecular flexibility index (Phi) is 7.19. The molecule has 16 heavy (non-hydrogen) atoms. The zero-order chi connectivity index (χ0) is 12.8. The van der Waals surface area contributed by atoms with Crippen molar-refractivity contribution in [1.82, 2.24) is 10.0 Å². The Morgan fingerprint density at radius 3 is 2.06 bits per heavy atom. The maximum atomic E-state index is 11.8. The molecule has 1 atom stereocenters. The number of sulfonamides is 1. The van der Waals surface area contributed by atoms with Crippen molar-refractivity contribution in [2.24, 2.45) is 5.92 Å². The molecule has 0 rings (SSSR count). The largest absolute Gasteiger partial charge is 0.313 e. The van der Waals surface area contributed by atoms with Crippen molar-refractivity contribution in [2.45, 2.75) is 52.3 Å². The van der Waals surface area contributed by atoms with Gasteiger partial charge in [-0.25, -0.2) is 13.1 Å². The molecule has 0 amide bonds. The molecule has 98 valence electrons. The molecule has 0 spiro atoms. The molecule has 0 fully saturated rings. The molecule has 0 aliphatic rings. The zero-order valence-corrected chi connectivity index (χ0v) is 11.9. The van der Waals surface area contributed by atoms with E-state index in [2.05, 4.69) is 23.9 Å². The number of nitrogens with one attached hydrogen (secondary N) is 2. The fourth-order valence-electron chi connectivity index (χ4n) is 1.14. The van der Waals surface area contributed by atoms with Crippen LogP contribution in [0.3, 0.4) is 0 Å². The molecule has 4 nitrogen and oxygen atoms in total. The molecule has 0 saturated heterocycles. The van der Waals surface area contributed by atoms with E-state index in [1.165, 1.54) is 0 Å². The summed E-state index contributed by atoms with van der Waals surface area (Å²) in [6.45, 7) is 10.9. The summed E-state index contributed by atoms with van der Waals surface area (Å²) in [6.07, 6.45) is 0.879. The minimum atomic E-state index is -3.16. The highest BCUT2D eigenvalue weighted by molar-refractivity contribution is 7.90. The van der Waals surface area contributed by atoms with E-state index in [-0.39, 0.29) is 5.25 Å². The highest BCUT2D eigenvalue weighted by Crippen LogP contribution is 2.01. The van der Waals surface area contributed by atoms with Gasteiger partial charge < -0.3 is 5.32 Å². The van der Waals surface area contributed by atoms with Gasteiger partial charge >= 0.3 is 0 Å². The van der Waals surface area contributed by atoms with E-state index in [0.29, 0.717) is 25.0 Å². The lowest BCUT2D eigenvalue weighted by Crippen LogP contribution is -2.41.